The number of pyridine rings is 2. The maximum absolute atomic E-state index is 14.9. The number of amides is 1. The predicted octanol–water partition coefficient (Wildman–Crippen LogP) is 5.53. The molecule has 0 aliphatic carbocycles. The molecule has 0 aliphatic heterocycles. The number of hydrogen-bond donors (Lipinski definition) is 1. The van der Waals surface area contributed by atoms with Crippen molar-refractivity contribution in [2.75, 3.05) is 5.32 Å². The Hall–Kier alpha value is -4.89. The van der Waals surface area contributed by atoms with Crippen molar-refractivity contribution in [3.63, 3.8) is 0 Å². The number of carbonyl (C=O) groups excluding carboxylic acids is 1. The summed E-state index contributed by atoms with van der Waals surface area (Å²) in [7, 11) is 0. The van der Waals surface area contributed by atoms with E-state index in [9.17, 15) is 14.0 Å². The first-order valence-electron chi connectivity index (χ1n) is 11.0. The highest BCUT2D eigenvalue weighted by Crippen LogP contribution is 2.33. The van der Waals surface area contributed by atoms with Gasteiger partial charge in [-0.1, -0.05) is 17.7 Å². The highest BCUT2D eigenvalue weighted by molar-refractivity contribution is 6.30. The van der Waals surface area contributed by atoms with Gasteiger partial charge in [-0.15, -0.1) is 0 Å². The average molecular weight is 514 g/mol. The highest BCUT2D eigenvalue weighted by atomic mass is 35.5. The maximum atomic E-state index is 14.9. The smallest absolute Gasteiger partial charge is 0.284 e. The molecule has 0 atom stereocenters. The van der Waals surface area contributed by atoms with Crippen molar-refractivity contribution in [1.29, 1.82) is 0 Å². The minimum atomic E-state index is -0.712. The summed E-state index contributed by atoms with van der Waals surface area (Å²) in [4.78, 5) is 33.9. The van der Waals surface area contributed by atoms with E-state index in [1.165, 1.54) is 30.6 Å². The fraction of sp³-hybridized carbons (Fsp3) is 0. The first kappa shape index (κ1) is 23.8. The molecule has 0 bridgehead atoms. The summed E-state index contributed by atoms with van der Waals surface area (Å²) in [5, 5.41) is 7.06. The average Bonchev–Trinajstić information content (AvgIpc) is 2.92. The Morgan fingerprint density at radius 1 is 0.919 bits per heavy atom. The van der Waals surface area contributed by atoms with E-state index in [4.69, 9.17) is 16.3 Å². The zero-order chi connectivity index (χ0) is 25.8. The predicted molar refractivity (Wildman–Crippen MR) is 137 cm³/mol. The van der Waals surface area contributed by atoms with Crippen molar-refractivity contribution in [2.24, 2.45) is 0 Å². The van der Waals surface area contributed by atoms with E-state index in [0.717, 1.165) is 16.3 Å². The van der Waals surface area contributed by atoms with Crippen LogP contribution in [0.1, 0.15) is 10.4 Å². The summed E-state index contributed by atoms with van der Waals surface area (Å²) in [5.41, 5.74) is 1.19. The lowest BCUT2D eigenvalue weighted by Gasteiger charge is -2.12. The van der Waals surface area contributed by atoms with Gasteiger partial charge in [0, 0.05) is 58.9 Å². The molecule has 37 heavy (non-hydrogen) atoms. The second kappa shape index (κ2) is 10.4. The van der Waals surface area contributed by atoms with Gasteiger partial charge in [-0.05, 0) is 54.6 Å². The molecule has 0 saturated heterocycles. The summed E-state index contributed by atoms with van der Waals surface area (Å²) in [5.74, 6) is -1.09. The second-order valence-corrected chi connectivity index (χ2v) is 8.19. The Kier molecular flexibility index (Phi) is 6.69. The van der Waals surface area contributed by atoms with Crippen molar-refractivity contribution in [3.05, 3.63) is 124 Å². The van der Waals surface area contributed by atoms with Crippen molar-refractivity contribution in [3.8, 4) is 28.3 Å². The summed E-state index contributed by atoms with van der Waals surface area (Å²) in [6.45, 7) is 0. The molecule has 2 aromatic carbocycles. The largest absolute Gasteiger partial charge is 0.454 e. The van der Waals surface area contributed by atoms with Crippen LogP contribution in [0, 0.1) is 5.82 Å². The molecule has 5 aromatic rings. The molecule has 3 aromatic heterocycles. The van der Waals surface area contributed by atoms with Crippen molar-refractivity contribution >= 4 is 23.2 Å². The highest BCUT2D eigenvalue weighted by Gasteiger charge is 2.16. The molecule has 10 heteroatoms. The van der Waals surface area contributed by atoms with Crippen molar-refractivity contribution in [2.45, 2.75) is 0 Å². The molecular weight excluding hydrogens is 497 g/mol. The zero-order valence-electron chi connectivity index (χ0n) is 19.0. The van der Waals surface area contributed by atoms with Gasteiger partial charge in [0.1, 0.15) is 11.3 Å². The number of nitrogens with one attached hydrogen (secondary N) is 1. The van der Waals surface area contributed by atoms with Gasteiger partial charge in [0.15, 0.2) is 11.6 Å². The van der Waals surface area contributed by atoms with E-state index in [-0.39, 0.29) is 17.0 Å². The van der Waals surface area contributed by atoms with Crippen LogP contribution in [0.4, 0.5) is 10.1 Å². The summed E-state index contributed by atoms with van der Waals surface area (Å²) in [6, 6.07) is 16.9. The molecule has 0 fully saturated rings. The van der Waals surface area contributed by atoms with E-state index in [2.05, 4.69) is 20.4 Å². The molecule has 0 radical (unpaired) electrons. The summed E-state index contributed by atoms with van der Waals surface area (Å²) < 4.78 is 21.8. The minimum Gasteiger partial charge on any atom is -0.454 e. The number of nitrogens with zero attached hydrogens (tertiary/aromatic N) is 4. The lowest BCUT2D eigenvalue weighted by atomic mass is 10.1. The topological polar surface area (TPSA) is 99.0 Å². The van der Waals surface area contributed by atoms with Crippen LogP contribution in [0.2, 0.25) is 5.02 Å². The first-order valence-corrected chi connectivity index (χ1v) is 11.3. The number of halogens is 2. The molecule has 1 N–H and O–H groups in total. The van der Waals surface area contributed by atoms with Gasteiger partial charge in [-0.25, -0.2) is 4.39 Å². The molecule has 0 unspecified atom stereocenters. The molecule has 5 rings (SSSR count). The van der Waals surface area contributed by atoms with E-state index in [1.807, 2.05) is 6.07 Å². The van der Waals surface area contributed by atoms with Crippen molar-refractivity contribution in [1.82, 2.24) is 19.7 Å². The Morgan fingerprint density at radius 2 is 1.73 bits per heavy atom. The third-order valence-corrected chi connectivity index (χ3v) is 5.58. The maximum Gasteiger partial charge on any atom is 0.284 e. The number of hydrogen-bond acceptors (Lipinski definition) is 6. The number of anilines is 1. The Labute approximate surface area is 215 Å². The zero-order valence-corrected chi connectivity index (χ0v) is 19.8. The fourth-order valence-corrected chi connectivity index (χ4v) is 3.67. The number of benzene rings is 2. The van der Waals surface area contributed by atoms with Crippen molar-refractivity contribution < 1.29 is 13.9 Å². The Bertz CT molecular complexity index is 1640. The lowest BCUT2D eigenvalue weighted by Crippen LogP contribution is -2.29. The first-order chi connectivity index (χ1) is 18.0. The quantitative estimate of drug-likeness (QED) is 0.321. The molecule has 182 valence electrons. The van der Waals surface area contributed by atoms with Crippen LogP contribution in [0.15, 0.2) is 103 Å². The van der Waals surface area contributed by atoms with E-state index in [0.29, 0.717) is 22.0 Å². The lowest BCUT2D eigenvalue weighted by molar-refractivity contribution is 0.102. The third-order valence-electron chi connectivity index (χ3n) is 5.33. The monoisotopic (exact) mass is 513 g/mol. The third kappa shape index (κ3) is 5.21. The van der Waals surface area contributed by atoms with E-state index < -0.39 is 17.3 Å². The van der Waals surface area contributed by atoms with Crippen LogP contribution < -0.4 is 15.6 Å². The Morgan fingerprint density at radius 3 is 2.49 bits per heavy atom. The van der Waals surface area contributed by atoms with Gasteiger partial charge in [0.05, 0.1) is 5.69 Å². The van der Waals surface area contributed by atoms with Gasteiger partial charge in [0.2, 0.25) is 0 Å². The normalized spacial score (nSPS) is 10.6. The molecular formula is C27H17ClFN5O3. The molecule has 1 amide bonds. The Balaban J connectivity index is 1.36. The van der Waals surface area contributed by atoms with Crippen LogP contribution in [0.3, 0.4) is 0 Å². The van der Waals surface area contributed by atoms with Crippen LogP contribution in [0.25, 0.3) is 16.8 Å². The molecule has 0 spiro atoms. The summed E-state index contributed by atoms with van der Waals surface area (Å²) >= 11 is 5.90. The van der Waals surface area contributed by atoms with Gasteiger partial charge >= 0.3 is 0 Å². The van der Waals surface area contributed by atoms with Gasteiger partial charge in [-0.3, -0.25) is 19.6 Å². The molecule has 0 saturated carbocycles. The summed E-state index contributed by atoms with van der Waals surface area (Å²) in [6.07, 6.45) is 7.76. The van der Waals surface area contributed by atoms with Gasteiger partial charge < -0.3 is 10.1 Å². The molecule has 0 aliphatic rings. The van der Waals surface area contributed by atoms with E-state index in [1.54, 1.807) is 55.0 Å². The number of ether oxygens (including phenoxy) is 1. The van der Waals surface area contributed by atoms with Gasteiger partial charge in [0.25, 0.3) is 11.5 Å². The standard InChI is InChI=1S/C27H17ClFN5O3/c28-18-3-6-20(7-4-18)34-27(36)21(9-13-32-34)26(35)33-19-5-8-25(23(29)14-19)37-24-10-12-31-16-22(24)17-2-1-11-30-15-17/h1-16H,(H,33,35). The fourth-order valence-electron chi connectivity index (χ4n) is 3.54. The minimum absolute atomic E-state index is 0.0525. The van der Waals surface area contributed by atoms with Crippen LogP contribution in [0.5, 0.6) is 11.5 Å². The molecule has 3 heterocycles. The SMILES string of the molecule is O=C(Nc1ccc(Oc2ccncc2-c2cccnc2)c(F)c1)c1ccnn(-c2ccc(Cl)cc2)c1=O. The van der Waals surface area contributed by atoms with Crippen LogP contribution >= 0.6 is 11.6 Å². The number of carbonyl (C=O) groups is 1. The van der Waals surface area contributed by atoms with E-state index >= 15 is 0 Å². The number of aromatic nitrogens is 4. The van der Waals surface area contributed by atoms with Gasteiger partial charge in [-0.2, -0.15) is 9.78 Å². The van der Waals surface area contributed by atoms with Crippen LogP contribution in [-0.4, -0.2) is 25.7 Å². The molecule has 8 nitrogen and oxygen atoms in total. The van der Waals surface area contributed by atoms with Crippen LogP contribution in [-0.2, 0) is 0 Å². The number of rotatable bonds is 6. The second-order valence-electron chi connectivity index (χ2n) is 7.75.